The van der Waals surface area contributed by atoms with Gasteiger partial charge in [0.05, 0.1) is 19.3 Å². The van der Waals surface area contributed by atoms with E-state index in [9.17, 15) is 4.39 Å². The van der Waals surface area contributed by atoms with E-state index in [1.54, 1.807) is 19.2 Å². The standard InChI is InChI=1S/C14H17FN2O3/c1-18-6-5-16-8-13-14(20-9-17-13)11-4-3-10(19-2)7-12(11)15/h3-4,7,9,16H,5-6,8H2,1-2H3. The zero-order valence-electron chi connectivity index (χ0n) is 11.5. The second-order valence-electron chi connectivity index (χ2n) is 4.14. The normalized spacial score (nSPS) is 10.8. The number of aromatic nitrogens is 1. The molecule has 108 valence electrons. The lowest BCUT2D eigenvalue weighted by molar-refractivity contribution is 0.199. The second kappa shape index (κ2) is 7.02. The zero-order valence-corrected chi connectivity index (χ0v) is 11.5. The molecular formula is C14H17FN2O3. The first-order chi connectivity index (χ1) is 9.76. The van der Waals surface area contributed by atoms with Crippen molar-refractivity contribution in [3.8, 4) is 17.1 Å². The fraction of sp³-hybridized carbons (Fsp3) is 0.357. The van der Waals surface area contributed by atoms with E-state index in [2.05, 4.69) is 10.3 Å². The predicted molar refractivity (Wildman–Crippen MR) is 72.0 cm³/mol. The van der Waals surface area contributed by atoms with Crippen LogP contribution in [-0.2, 0) is 11.3 Å². The molecule has 0 radical (unpaired) electrons. The molecule has 2 rings (SSSR count). The lowest BCUT2D eigenvalue weighted by Crippen LogP contribution is -2.19. The Kier molecular flexibility index (Phi) is 5.09. The van der Waals surface area contributed by atoms with Gasteiger partial charge in [-0.15, -0.1) is 0 Å². The highest BCUT2D eigenvalue weighted by Crippen LogP contribution is 2.28. The number of halogens is 1. The molecule has 0 aliphatic heterocycles. The van der Waals surface area contributed by atoms with Gasteiger partial charge in [0.15, 0.2) is 12.2 Å². The molecule has 2 aromatic rings. The number of rotatable bonds is 7. The van der Waals surface area contributed by atoms with Gasteiger partial charge in [-0.3, -0.25) is 0 Å². The summed E-state index contributed by atoms with van der Waals surface area (Å²) in [4.78, 5) is 4.11. The van der Waals surface area contributed by atoms with Gasteiger partial charge >= 0.3 is 0 Å². The molecule has 1 heterocycles. The topological polar surface area (TPSA) is 56.5 Å². The minimum absolute atomic E-state index is 0.367. The van der Waals surface area contributed by atoms with Crippen molar-refractivity contribution in [3.63, 3.8) is 0 Å². The number of ether oxygens (including phenoxy) is 2. The molecule has 0 unspecified atom stereocenters. The molecule has 0 amide bonds. The van der Waals surface area contributed by atoms with Crippen LogP contribution in [0.1, 0.15) is 5.69 Å². The molecule has 0 spiro atoms. The van der Waals surface area contributed by atoms with Crippen molar-refractivity contribution in [2.75, 3.05) is 27.4 Å². The molecule has 0 aliphatic carbocycles. The molecule has 0 atom stereocenters. The van der Waals surface area contributed by atoms with Crippen LogP contribution in [0.3, 0.4) is 0 Å². The highest BCUT2D eigenvalue weighted by molar-refractivity contribution is 5.61. The van der Waals surface area contributed by atoms with Crippen molar-refractivity contribution in [1.29, 1.82) is 0 Å². The zero-order chi connectivity index (χ0) is 14.4. The van der Waals surface area contributed by atoms with Gasteiger partial charge in [-0.2, -0.15) is 0 Å². The molecule has 1 aromatic carbocycles. The van der Waals surface area contributed by atoms with E-state index < -0.39 is 5.82 Å². The highest BCUT2D eigenvalue weighted by atomic mass is 19.1. The molecule has 0 saturated heterocycles. The maximum atomic E-state index is 14.0. The molecule has 20 heavy (non-hydrogen) atoms. The Balaban J connectivity index is 2.15. The van der Waals surface area contributed by atoms with Gasteiger partial charge in [0, 0.05) is 26.3 Å². The maximum Gasteiger partial charge on any atom is 0.181 e. The predicted octanol–water partition coefficient (Wildman–Crippen LogP) is 2.23. The summed E-state index contributed by atoms with van der Waals surface area (Å²) in [5.41, 5.74) is 1.03. The van der Waals surface area contributed by atoms with Gasteiger partial charge in [-0.25, -0.2) is 9.37 Å². The van der Waals surface area contributed by atoms with E-state index in [-0.39, 0.29) is 0 Å². The molecule has 6 heteroatoms. The smallest absolute Gasteiger partial charge is 0.181 e. The summed E-state index contributed by atoms with van der Waals surface area (Å²) in [6.45, 7) is 1.78. The molecule has 5 nitrogen and oxygen atoms in total. The third-order valence-electron chi connectivity index (χ3n) is 2.84. The molecule has 0 bridgehead atoms. The van der Waals surface area contributed by atoms with E-state index in [0.717, 1.165) is 0 Å². The van der Waals surface area contributed by atoms with Crippen molar-refractivity contribution in [2.24, 2.45) is 0 Å². The lowest BCUT2D eigenvalue weighted by Gasteiger charge is -2.06. The first-order valence-corrected chi connectivity index (χ1v) is 6.22. The number of hydrogen-bond donors (Lipinski definition) is 1. The fourth-order valence-corrected chi connectivity index (χ4v) is 1.80. The Morgan fingerprint density at radius 2 is 2.20 bits per heavy atom. The average molecular weight is 280 g/mol. The van der Waals surface area contributed by atoms with Gasteiger partial charge in [0.25, 0.3) is 0 Å². The van der Waals surface area contributed by atoms with Crippen molar-refractivity contribution >= 4 is 0 Å². The van der Waals surface area contributed by atoms with Gasteiger partial charge in [0.1, 0.15) is 17.3 Å². The van der Waals surface area contributed by atoms with Crippen LogP contribution in [0.4, 0.5) is 4.39 Å². The first-order valence-electron chi connectivity index (χ1n) is 6.22. The summed E-state index contributed by atoms with van der Waals surface area (Å²) >= 11 is 0. The first kappa shape index (κ1) is 14.5. The van der Waals surface area contributed by atoms with Gasteiger partial charge in [-0.1, -0.05) is 0 Å². The molecule has 0 saturated carbocycles. The van der Waals surface area contributed by atoms with Gasteiger partial charge < -0.3 is 19.2 Å². The Morgan fingerprint density at radius 3 is 2.90 bits per heavy atom. The van der Waals surface area contributed by atoms with Crippen LogP contribution < -0.4 is 10.1 Å². The van der Waals surface area contributed by atoms with E-state index >= 15 is 0 Å². The Bertz CT molecular complexity index is 557. The summed E-state index contributed by atoms with van der Waals surface area (Å²) in [6.07, 6.45) is 1.31. The Labute approximate surface area is 116 Å². The van der Waals surface area contributed by atoms with Crippen LogP contribution in [0.25, 0.3) is 11.3 Å². The summed E-state index contributed by atoms with van der Waals surface area (Å²) in [5.74, 6) is 0.486. The molecule has 1 aromatic heterocycles. The van der Waals surface area contributed by atoms with Crippen LogP contribution >= 0.6 is 0 Å². The number of methoxy groups -OCH3 is 2. The van der Waals surface area contributed by atoms with E-state index in [1.807, 2.05) is 0 Å². The number of oxazole rings is 1. The second-order valence-corrected chi connectivity index (χ2v) is 4.14. The highest BCUT2D eigenvalue weighted by Gasteiger charge is 2.15. The minimum atomic E-state index is -0.403. The van der Waals surface area contributed by atoms with Gasteiger partial charge in [-0.05, 0) is 12.1 Å². The molecule has 1 N–H and O–H groups in total. The molecule has 0 aliphatic rings. The van der Waals surface area contributed by atoms with Crippen LogP contribution in [0.15, 0.2) is 29.0 Å². The van der Waals surface area contributed by atoms with Crippen molar-refractivity contribution in [3.05, 3.63) is 36.1 Å². The van der Waals surface area contributed by atoms with Crippen molar-refractivity contribution in [2.45, 2.75) is 6.54 Å². The van der Waals surface area contributed by atoms with Crippen molar-refractivity contribution in [1.82, 2.24) is 10.3 Å². The third kappa shape index (κ3) is 3.34. The maximum absolute atomic E-state index is 14.0. The quantitative estimate of drug-likeness (QED) is 0.788. The Morgan fingerprint density at radius 1 is 1.35 bits per heavy atom. The average Bonchev–Trinajstić information content (AvgIpc) is 2.91. The van der Waals surface area contributed by atoms with Crippen molar-refractivity contribution < 1.29 is 18.3 Å². The number of hydrogen-bond acceptors (Lipinski definition) is 5. The summed E-state index contributed by atoms with van der Waals surface area (Å²) in [5, 5.41) is 3.15. The molecule has 0 fully saturated rings. The van der Waals surface area contributed by atoms with Crippen LogP contribution in [0.2, 0.25) is 0 Å². The van der Waals surface area contributed by atoms with E-state index in [1.165, 1.54) is 19.6 Å². The fourth-order valence-electron chi connectivity index (χ4n) is 1.80. The number of benzene rings is 1. The Hall–Kier alpha value is -1.92. The van der Waals surface area contributed by atoms with E-state index in [0.29, 0.717) is 42.5 Å². The van der Waals surface area contributed by atoms with Crippen LogP contribution in [0, 0.1) is 5.82 Å². The summed E-state index contributed by atoms with van der Waals surface area (Å²) < 4.78 is 29.2. The van der Waals surface area contributed by atoms with Crippen LogP contribution in [0.5, 0.6) is 5.75 Å². The summed E-state index contributed by atoms with van der Waals surface area (Å²) in [6, 6.07) is 4.62. The third-order valence-corrected chi connectivity index (χ3v) is 2.84. The lowest BCUT2D eigenvalue weighted by atomic mass is 10.1. The summed E-state index contributed by atoms with van der Waals surface area (Å²) in [7, 11) is 3.13. The van der Waals surface area contributed by atoms with Crippen LogP contribution in [-0.4, -0.2) is 32.4 Å². The monoisotopic (exact) mass is 280 g/mol. The number of nitrogens with zero attached hydrogens (tertiary/aromatic N) is 1. The minimum Gasteiger partial charge on any atom is -0.497 e. The number of nitrogens with one attached hydrogen (secondary N) is 1. The largest absolute Gasteiger partial charge is 0.497 e. The van der Waals surface area contributed by atoms with Gasteiger partial charge in [0.2, 0.25) is 0 Å². The SMILES string of the molecule is COCCNCc1ncoc1-c1ccc(OC)cc1F. The van der Waals surface area contributed by atoms with E-state index in [4.69, 9.17) is 13.9 Å². The molecular weight excluding hydrogens is 263 g/mol.